The number of hydrogen-bond acceptors (Lipinski definition) is 6. The maximum Gasteiger partial charge on any atom is 0.190 e. The molecule has 1 aliphatic rings. The van der Waals surface area contributed by atoms with E-state index in [0.29, 0.717) is 42.9 Å². The summed E-state index contributed by atoms with van der Waals surface area (Å²) < 4.78 is 20.8. The summed E-state index contributed by atoms with van der Waals surface area (Å²) in [6.45, 7) is 4.05. The topological polar surface area (TPSA) is 102 Å². The van der Waals surface area contributed by atoms with Gasteiger partial charge in [-0.15, -0.1) is 0 Å². The fourth-order valence-corrected chi connectivity index (χ4v) is 4.99. The zero-order valence-corrected chi connectivity index (χ0v) is 20.7. The zero-order valence-electron chi connectivity index (χ0n) is 20.7. The molecule has 2 heterocycles. The highest BCUT2D eigenvalue weighted by Gasteiger charge is 2.25. The molecule has 0 fully saturated rings. The molecule has 5 N–H and O–H groups in total. The molecule has 7 nitrogen and oxygen atoms in total. The number of aliphatic hydroxyl groups excluding tert-OH is 1. The van der Waals surface area contributed by atoms with Crippen LogP contribution in [0.5, 0.6) is 5.75 Å². The van der Waals surface area contributed by atoms with E-state index < -0.39 is 17.5 Å². The first-order valence-electron chi connectivity index (χ1n) is 12.1. The summed E-state index contributed by atoms with van der Waals surface area (Å²) in [6.07, 6.45) is 5.03. The molecule has 0 saturated heterocycles. The molecule has 4 aromatic rings. The molecule has 0 radical (unpaired) electrons. The van der Waals surface area contributed by atoms with Crippen LogP contribution in [0.15, 0.2) is 48.8 Å². The molecule has 0 bridgehead atoms. The standard InChI is InChI=1S/C28H31FN4O3/c1-28(2,35)19-6-4-5-17-16(15-32-25(17)19)11-13-30-21-8-9-22(27(36-3)24(21)29)33-20-12-14-31-26-18(20)7-10-23(26)34/h4-6,8-9,12,14-15,23,30,32,34-35H,7,10-11,13H2,1-3H3,(H,31,33)/t23-/m0/s1. The number of nitrogens with one attached hydrogen (secondary N) is 3. The highest BCUT2D eigenvalue weighted by atomic mass is 19.1. The number of anilines is 3. The van der Waals surface area contributed by atoms with Crippen molar-refractivity contribution in [2.24, 2.45) is 0 Å². The normalized spacial score (nSPS) is 15.2. The van der Waals surface area contributed by atoms with Crippen molar-refractivity contribution in [1.82, 2.24) is 9.97 Å². The lowest BCUT2D eigenvalue weighted by molar-refractivity contribution is 0.0800. The van der Waals surface area contributed by atoms with Crippen molar-refractivity contribution in [2.45, 2.75) is 44.8 Å². The summed E-state index contributed by atoms with van der Waals surface area (Å²) >= 11 is 0. The second-order valence-corrected chi connectivity index (χ2v) is 9.69. The van der Waals surface area contributed by atoms with E-state index in [4.69, 9.17) is 4.74 Å². The van der Waals surface area contributed by atoms with Crippen molar-refractivity contribution in [2.75, 3.05) is 24.3 Å². The van der Waals surface area contributed by atoms with E-state index in [2.05, 4.69) is 20.6 Å². The molecule has 188 valence electrons. The SMILES string of the molecule is COc1c(Nc2ccnc3c2CC[C@@H]3O)ccc(NCCc2c[nH]c3c(C(C)(C)O)cccc23)c1F. The molecule has 8 heteroatoms. The molecule has 1 atom stereocenters. The predicted octanol–water partition coefficient (Wildman–Crippen LogP) is 5.32. The van der Waals surface area contributed by atoms with Gasteiger partial charge in [0.1, 0.15) is 0 Å². The first-order chi connectivity index (χ1) is 17.3. The van der Waals surface area contributed by atoms with Gasteiger partial charge < -0.3 is 30.6 Å². The minimum Gasteiger partial charge on any atom is -0.492 e. The number of nitrogens with zero attached hydrogens (tertiary/aromatic N) is 1. The van der Waals surface area contributed by atoms with E-state index in [1.54, 1.807) is 32.2 Å². The third-order valence-corrected chi connectivity index (χ3v) is 6.81. The van der Waals surface area contributed by atoms with E-state index in [9.17, 15) is 10.2 Å². The van der Waals surface area contributed by atoms with Crippen LogP contribution in [0, 0.1) is 5.82 Å². The maximum absolute atomic E-state index is 15.4. The van der Waals surface area contributed by atoms with Crippen molar-refractivity contribution in [3.05, 3.63) is 77.0 Å². The molecule has 0 saturated carbocycles. The Kier molecular flexibility index (Phi) is 6.32. The Morgan fingerprint density at radius 2 is 1.97 bits per heavy atom. The zero-order chi connectivity index (χ0) is 25.4. The Morgan fingerprint density at radius 3 is 2.75 bits per heavy atom. The van der Waals surface area contributed by atoms with Gasteiger partial charge in [-0.25, -0.2) is 4.39 Å². The number of rotatable bonds is 8. The molecule has 0 amide bonds. The Morgan fingerprint density at radius 1 is 1.17 bits per heavy atom. The first kappa shape index (κ1) is 24.1. The molecular formula is C28H31FN4O3. The molecule has 36 heavy (non-hydrogen) atoms. The quantitative estimate of drug-likeness (QED) is 0.229. The van der Waals surface area contributed by atoms with Gasteiger partial charge in [0.15, 0.2) is 11.6 Å². The Balaban J connectivity index is 1.32. The van der Waals surface area contributed by atoms with Crippen LogP contribution in [-0.2, 0) is 18.4 Å². The van der Waals surface area contributed by atoms with E-state index in [1.165, 1.54) is 7.11 Å². The van der Waals surface area contributed by atoms with Crippen LogP contribution in [-0.4, -0.2) is 33.8 Å². The third-order valence-electron chi connectivity index (χ3n) is 6.81. The van der Waals surface area contributed by atoms with Crippen LogP contribution in [0.2, 0.25) is 0 Å². The number of pyridine rings is 1. The van der Waals surface area contributed by atoms with Gasteiger partial charge in [-0.05, 0) is 62.4 Å². The Hall–Kier alpha value is -3.62. The van der Waals surface area contributed by atoms with Crippen LogP contribution in [0.25, 0.3) is 10.9 Å². The average Bonchev–Trinajstić information content (AvgIpc) is 3.44. The van der Waals surface area contributed by atoms with Crippen molar-refractivity contribution >= 4 is 28.0 Å². The summed E-state index contributed by atoms with van der Waals surface area (Å²) in [5.41, 5.74) is 5.15. The maximum atomic E-state index is 15.4. The number of methoxy groups -OCH3 is 1. The first-order valence-corrected chi connectivity index (χ1v) is 12.1. The van der Waals surface area contributed by atoms with Crippen LogP contribution in [0.4, 0.5) is 21.5 Å². The summed E-state index contributed by atoms with van der Waals surface area (Å²) in [7, 11) is 1.44. The van der Waals surface area contributed by atoms with Gasteiger partial charge in [0, 0.05) is 35.6 Å². The molecule has 2 aromatic heterocycles. The van der Waals surface area contributed by atoms with Gasteiger partial charge in [-0.1, -0.05) is 18.2 Å². The van der Waals surface area contributed by atoms with Gasteiger partial charge in [-0.2, -0.15) is 0 Å². The number of hydrogen-bond donors (Lipinski definition) is 5. The lowest BCUT2D eigenvalue weighted by Crippen LogP contribution is -2.15. The van der Waals surface area contributed by atoms with Crippen LogP contribution < -0.4 is 15.4 Å². The van der Waals surface area contributed by atoms with Crippen LogP contribution in [0.1, 0.15) is 48.8 Å². The number of ether oxygens (including phenoxy) is 1. The minimum atomic E-state index is -0.953. The van der Waals surface area contributed by atoms with Crippen molar-refractivity contribution < 1.29 is 19.3 Å². The number of benzene rings is 2. The number of para-hydroxylation sites is 1. The van der Waals surface area contributed by atoms with Crippen LogP contribution >= 0.6 is 0 Å². The minimum absolute atomic E-state index is 0.117. The average molecular weight is 491 g/mol. The number of aliphatic hydroxyl groups is 2. The van der Waals surface area contributed by atoms with E-state index >= 15 is 4.39 Å². The van der Waals surface area contributed by atoms with Crippen molar-refractivity contribution in [3.8, 4) is 5.75 Å². The third kappa shape index (κ3) is 4.38. The Labute approximate surface area is 209 Å². The number of aromatic nitrogens is 2. The van der Waals surface area contributed by atoms with Crippen molar-refractivity contribution in [3.63, 3.8) is 0 Å². The van der Waals surface area contributed by atoms with Crippen molar-refractivity contribution in [1.29, 1.82) is 0 Å². The molecule has 0 unspecified atom stereocenters. The van der Waals surface area contributed by atoms with Gasteiger partial charge in [0.25, 0.3) is 0 Å². The molecule has 0 aliphatic heterocycles. The Bertz CT molecular complexity index is 1410. The predicted molar refractivity (Wildman–Crippen MR) is 139 cm³/mol. The summed E-state index contributed by atoms with van der Waals surface area (Å²) in [6, 6.07) is 11.2. The second kappa shape index (κ2) is 9.44. The number of fused-ring (bicyclic) bond motifs is 2. The number of aromatic amines is 1. The van der Waals surface area contributed by atoms with Gasteiger partial charge in [0.2, 0.25) is 0 Å². The smallest absolute Gasteiger partial charge is 0.190 e. The van der Waals surface area contributed by atoms with Gasteiger partial charge in [-0.3, -0.25) is 4.98 Å². The largest absolute Gasteiger partial charge is 0.492 e. The number of H-pyrrole nitrogens is 1. The molecule has 5 rings (SSSR count). The second-order valence-electron chi connectivity index (χ2n) is 9.69. The van der Waals surface area contributed by atoms with E-state index in [1.807, 2.05) is 30.5 Å². The number of halogens is 1. The molecule has 0 spiro atoms. The highest BCUT2D eigenvalue weighted by Crippen LogP contribution is 2.39. The van der Waals surface area contributed by atoms with E-state index in [0.717, 1.165) is 33.3 Å². The highest BCUT2D eigenvalue weighted by molar-refractivity contribution is 5.86. The molecule has 1 aliphatic carbocycles. The monoisotopic (exact) mass is 490 g/mol. The molecule has 2 aromatic carbocycles. The van der Waals surface area contributed by atoms with Gasteiger partial charge >= 0.3 is 0 Å². The summed E-state index contributed by atoms with van der Waals surface area (Å²) in [5.74, 6) is -0.359. The van der Waals surface area contributed by atoms with Gasteiger partial charge in [0.05, 0.1) is 41.4 Å². The van der Waals surface area contributed by atoms with Crippen LogP contribution in [0.3, 0.4) is 0 Å². The summed E-state index contributed by atoms with van der Waals surface area (Å²) in [4.78, 5) is 7.57. The fourth-order valence-electron chi connectivity index (χ4n) is 4.99. The lowest BCUT2D eigenvalue weighted by atomic mass is 9.95. The summed E-state index contributed by atoms with van der Waals surface area (Å²) in [5, 5.41) is 28.1. The molecular weight excluding hydrogens is 459 g/mol. The van der Waals surface area contributed by atoms with E-state index in [-0.39, 0.29) is 5.75 Å². The lowest BCUT2D eigenvalue weighted by Gasteiger charge is -2.18. The fraction of sp³-hybridized carbons (Fsp3) is 0.321.